The fraction of sp³-hybridized carbons (Fsp3) is 0.933. The Labute approximate surface area is 133 Å². The Morgan fingerprint density at radius 2 is 2.00 bits per heavy atom. The van der Waals surface area contributed by atoms with Crippen molar-refractivity contribution < 1.29 is 4.79 Å². The maximum Gasteiger partial charge on any atom is 0.220 e. The molecule has 0 aromatic rings. The van der Waals surface area contributed by atoms with Gasteiger partial charge in [-0.3, -0.25) is 4.79 Å². The lowest BCUT2D eigenvalue weighted by Crippen LogP contribution is -2.40. The van der Waals surface area contributed by atoms with E-state index in [1.54, 1.807) is 0 Å². The fourth-order valence-electron chi connectivity index (χ4n) is 3.51. The SMILES string of the molecule is CCSC1CCCC(NC(=O)C[C@@H]2CCC[C@H]2N)C1.Cl. The maximum atomic E-state index is 12.1. The van der Waals surface area contributed by atoms with Gasteiger partial charge in [-0.05, 0) is 43.8 Å². The molecule has 4 atom stereocenters. The predicted octanol–water partition coefficient (Wildman–Crippen LogP) is 3.11. The summed E-state index contributed by atoms with van der Waals surface area (Å²) in [6.07, 6.45) is 8.94. The lowest BCUT2D eigenvalue weighted by Gasteiger charge is -2.29. The highest BCUT2D eigenvalue weighted by Gasteiger charge is 2.28. The van der Waals surface area contributed by atoms with Crippen LogP contribution >= 0.6 is 24.2 Å². The Morgan fingerprint density at radius 3 is 2.65 bits per heavy atom. The smallest absolute Gasteiger partial charge is 0.220 e. The number of carbonyl (C=O) groups is 1. The van der Waals surface area contributed by atoms with E-state index in [4.69, 9.17) is 5.73 Å². The molecule has 0 saturated heterocycles. The fourth-order valence-corrected chi connectivity index (χ4v) is 4.68. The van der Waals surface area contributed by atoms with Gasteiger partial charge in [0.2, 0.25) is 5.91 Å². The molecule has 3 N–H and O–H groups in total. The third-order valence-corrected chi connectivity index (χ3v) is 5.79. The van der Waals surface area contributed by atoms with Crippen molar-refractivity contribution in [3.05, 3.63) is 0 Å². The largest absolute Gasteiger partial charge is 0.353 e. The molecule has 5 heteroatoms. The van der Waals surface area contributed by atoms with E-state index in [-0.39, 0.29) is 24.4 Å². The number of halogens is 1. The second-order valence-electron chi connectivity index (χ2n) is 6.07. The molecule has 3 nitrogen and oxygen atoms in total. The Hall–Kier alpha value is 0.0700. The van der Waals surface area contributed by atoms with Gasteiger partial charge < -0.3 is 11.1 Å². The topological polar surface area (TPSA) is 55.1 Å². The van der Waals surface area contributed by atoms with Crippen molar-refractivity contribution >= 4 is 30.1 Å². The third kappa shape index (κ3) is 5.45. The second kappa shape index (κ2) is 9.16. The minimum Gasteiger partial charge on any atom is -0.353 e. The van der Waals surface area contributed by atoms with Crippen LogP contribution in [-0.2, 0) is 4.79 Å². The number of nitrogens with one attached hydrogen (secondary N) is 1. The zero-order chi connectivity index (χ0) is 13.7. The van der Waals surface area contributed by atoms with Crippen molar-refractivity contribution in [3.8, 4) is 0 Å². The van der Waals surface area contributed by atoms with Crippen LogP contribution in [0.1, 0.15) is 58.3 Å². The van der Waals surface area contributed by atoms with E-state index in [1.165, 1.54) is 25.0 Å². The lowest BCUT2D eigenvalue weighted by molar-refractivity contribution is -0.123. The molecule has 2 rings (SSSR count). The van der Waals surface area contributed by atoms with Crippen LogP contribution in [0.4, 0.5) is 0 Å². The summed E-state index contributed by atoms with van der Waals surface area (Å²) in [4.78, 5) is 12.1. The molecular weight excluding hydrogens is 292 g/mol. The normalized spacial score (nSPS) is 33.5. The summed E-state index contributed by atoms with van der Waals surface area (Å²) in [5.74, 6) is 1.83. The zero-order valence-corrected chi connectivity index (χ0v) is 14.1. The first-order valence-electron chi connectivity index (χ1n) is 7.85. The summed E-state index contributed by atoms with van der Waals surface area (Å²) >= 11 is 2.05. The molecule has 0 radical (unpaired) electrons. The van der Waals surface area contributed by atoms with Crippen molar-refractivity contribution in [1.29, 1.82) is 0 Å². The number of rotatable bonds is 5. The molecule has 20 heavy (non-hydrogen) atoms. The number of hydrogen-bond acceptors (Lipinski definition) is 3. The summed E-state index contributed by atoms with van der Waals surface area (Å²) in [5, 5.41) is 3.99. The summed E-state index contributed by atoms with van der Waals surface area (Å²) in [6.45, 7) is 2.22. The summed E-state index contributed by atoms with van der Waals surface area (Å²) in [5.41, 5.74) is 6.04. The second-order valence-corrected chi connectivity index (χ2v) is 7.64. The van der Waals surface area contributed by atoms with Gasteiger partial charge in [-0.25, -0.2) is 0 Å². The first-order valence-corrected chi connectivity index (χ1v) is 8.90. The maximum absolute atomic E-state index is 12.1. The number of amides is 1. The third-order valence-electron chi connectivity index (χ3n) is 4.56. The predicted molar refractivity (Wildman–Crippen MR) is 89.5 cm³/mol. The number of nitrogens with two attached hydrogens (primary N) is 1. The van der Waals surface area contributed by atoms with Crippen LogP contribution in [0.3, 0.4) is 0 Å². The molecular formula is C15H29ClN2OS. The Kier molecular flexibility index (Phi) is 8.30. The molecule has 2 aliphatic carbocycles. The van der Waals surface area contributed by atoms with Gasteiger partial charge in [0, 0.05) is 23.8 Å². The van der Waals surface area contributed by atoms with Gasteiger partial charge in [0.1, 0.15) is 0 Å². The van der Waals surface area contributed by atoms with Crippen LogP contribution in [-0.4, -0.2) is 29.0 Å². The van der Waals surface area contributed by atoms with Crippen molar-refractivity contribution in [2.75, 3.05) is 5.75 Å². The van der Waals surface area contributed by atoms with Crippen molar-refractivity contribution in [1.82, 2.24) is 5.32 Å². The molecule has 0 aliphatic heterocycles. The summed E-state index contributed by atoms with van der Waals surface area (Å²) in [6, 6.07) is 0.656. The lowest BCUT2D eigenvalue weighted by atomic mass is 9.94. The highest BCUT2D eigenvalue weighted by atomic mass is 35.5. The average molecular weight is 321 g/mol. The summed E-state index contributed by atoms with van der Waals surface area (Å²) in [7, 11) is 0. The van der Waals surface area contributed by atoms with Crippen molar-refractivity contribution in [3.63, 3.8) is 0 Å². The van der Waals surface area contributed by atoms with Crippen LogP contribution in [0.25, 0.3) is 0 Å². The molecule has 0 aromatic carbocycles. The Morgan fingerprint density at radius 1 is 1.25 bits per heavy atom. The molecule has 1 amide bonds. The van der Waals surface area contributed by atoms with Crippen LogP contribution < -0.4 is 11.1 Å². The number of carbonyl (C=O) groups excluding carboxylic acids is 1. The van der Waals surface area contributed by atoms with Crippen LogP contribution in [0.15, 0.2) is 0 Å². The van der Waals surface area contributed by atoms with Gasteiger partial charge in [0.05, 0.1) is 0 Å². The molecule has 0 spiro atoms. The minimum absolute atomic E-state index is 0. The van der Waals surface area contributed by atoms with Gasteiger partial charge >= 0.3 is 0 Å². The first kappa shape index (κ1) is 18.1. The van der Waals surface area contributed by atoms with E-state index >= 15 is 0 Å². The molecule has 2 unspecified atom stereocenters. The molecule has 2 saturated carbocycles. The zero-order valence-electron chi connectivity index (χ0n) is 12.5. The minimum atomic E-state index is 0. The highest BCUT2D eigenvalue weighted by Crippen LogP contribution is 2.29. The Bertz CT molecular complexity index is 302. The molecule has 118 valence electrons. The standard InChI is InChI=1S/C15H28N2OS.ClH/c1-2-19-13-7-4-6-12(10-13)17-15(18)9-11-5-3-8-14(11)16;/h11-14H,2-10,16H2,1H3,(H,17,18);1H/t11-,12?,13?,14+;/m0./s1. The first-order chi connectivity index (χ1) is 9.19. The molecule has 2 fully saturated rings. The highest BCUT2D eigenvalue weighted by molar-refractivity contribution is 7.99. The molecule has 0 aromatic heterocycles. The van der Waals surface area contributed by atoms with Crippen LogP contribution in [0.2, 0.25) is 0 Å². The van der Waals surface area contributed by atoms with Gasteiger partial charge in [-0.2, -0.15) is 11.8 Å². The van der Waals surface area contributed by atoms with Gasteiger partial charge in [-0.15, -0.1) is 12.4 Å². The summed E-state index contributed by atoms with van der Waals surface area (Å²) < 4.78 is 0. The van der Waals surface area contributed by atoms with Gasteiger partial charge in [0.15, 0.2) is 0 Å². The van der Waals surface area contributed by atoms with E-state index < -0.39 is 0 Å². The van der Waals surface area contributed by atoms with E-state index in [0.29, 0.717) is 18.4 Å². The Balaban J connectivity index is 0.00000200. The van der Waals surface area contributed by atoms with E-state index in [0.717, 1.165) is 30.9 Å². The number of thioether (sulfide) groups is 1. The van der Waals surface area contributed by atoms with Crippen LogP contribution in [0.5, 0.6) is 0 Å². The van der Waals surface area contributed by atoms with E-state index in [2.05, 4.69) is 12.2 Å². The van der Waals surface area contributed by atoms with Gasteiger partial charge in [0.25, 0.3) is 0 Å². The van der Waals surface area contributed by atoms with Crippen LogP contribution in [0, 0.1) is 5.92 Å². The van der Waals surface area contributed by atoms with E-state index in [1.807, 2.05) is 11.8 Å². The average Bonchev–Trinajstić information content (AvgIpc) is 2.76. The van der Waals surface area contributed by atoms with E-state index in [9.17, 15) is 4.79 Å². The van der Waals surface area contributed by atoms with Crippen molar-refractivity contribution in [2.45, 2.75) is 75.6 Å². The monoisotopic (exact) mass is 320 g/mol. The quantitative estimate of drug-likeness (QED) is 0.818. The number of hydrogen-bond donors (Lipinski definition) is 2. The van der Waals surface area contributed by atoms with Gasteiger partial charge in [-0.1, -0.05) is 19.8 Å². The van der Waals surface area contributed by atoms with Crippen molar-refractivity contribution in [2.24, 2.45) is 11.7 Å². The molecule has 0 bridgehead atoms. The molecule has 2 aliphatic rings. The molecule has 0 heterocycles.